The lowest BCUT2D eigenvalue weighted by Gasteiger charge is -2.56. The molecule has 0 aromatic rings. The highest BCUT2D eigenvalue weighted by Crippen LogP contribution is 2.55. The first-order valence-corrected chi connectivity index (χ1v) is 7.71. The van der Waals surface area contributed by atoms with Gasteiger partial charge in [0.15, 0.2) is 0 Å². The fourth-order valence-electron chi connectivity index (χ4n) is 4.98. The summed E-state index contributed by atoms with van der Waals surface area (Å²) >= 11 is 0. The Labute approximate surface area is 110 Å². The van der Waals surface area contributed by atoms with Crippen LogP contribution < -0.4 is 10.6 Å². The third-order valence-electron chi connectivity index (χ3n) is 5.16. The van der Waals surface area contributed by atoms with Gasteiger partial charge in [0.2, 0.25) is 5.91 Å². The maximum atomic E-state index is 12.0. The predicted octanol–water partition coefficient (Wildman–Crippen LogP) is 2.07. The highest BCUT2D eigenvalue weighted by Gasteiger charge is 2.51. The van der Waals surface area contributed by atoms with Crippen LogP contribution in [0.3, 0.4) is 0 Å². The molecular weight excluding hydrogens is 224 g/mol. The van der Waals surface area contributed by atoms with Crippen molar-refractivity contribution in [2.75, 3.05) is 13.1 Å². The molecule has 4 bridgehead atoms. The fourth-order valence-corrected chi connectivity index (χ4v) is 4.98. The van der Waals surface area contributed by atoms with E-state index >= 15 is 0 Å². The number of hydrogen-bond donors (Lipinski definition) is 2. The molecule has 4 aliphatic carbocycles. The first kappa shape index (κ1) is 12.5. The van der Waals surface area contributed by atoms with Crippen LogP contribution in [0.1, 0.15) is 51.9 Å². The minimum Gasteiger partial charge on any atom is -0.350 e. The average Bonchev–Trinajstić information content (AvgIpc) is 2.26. The van der Waals surface area contributed by atoms with Crippen molar-refractivity contribution in [2.45, 2.75) is 57.4 Å². The fraction of sp³-hybridized carbons (Fsp3) is 0.933. The van der Waals surface area contributed by atoms with Crippen LogP contribution in [0, 0.1) is 17.8 Å². The number of carbonyl (C=O) groups is 1. The maximum absolute atomic E-state index is 12.0. The van der Waals surface area contributed by atoms with E-state index in [2.05, 4.69) is 17.6 Å². The molecule has 0 aromatic heterocycles. The number of nitrogens with one attached hydrogen (secondary N) is 2. The molecule has 4 saturated carbocycles. The van der Waals surface area contributed by atoms with Crippen molar-refractivity contribution in [3.05, 3.63) is 0 Å². The second-order valence-corrected chi connectivity index (χ2v) is 6.92. The molecule has 4 fully saturated rings. The van der Waals surface area contributed by atoms with Crippen molar-refractivity contribution in [1.29, 1.82) is 0 Å². The second kappa shape index (κ2) is 4.84. The third kappa shape index (κ3) is 2.42. The van der Waals surface area contributed by atoms with Crippen LogP contribution in [0.25, 0.3) is 0 Å². The van der Waals surface area contributed by atoms with Gasteiger partial charge in [-0.1, -0.05) is 6.92 Å². The van der Waals surface area contributed by atoms with E-state index < -0.39 is 0 Å². The zero-order valence-electron chi connectivity index (χ0n) is 11.5. The molecular formula is C15H26N2O. The van der Waals surface area contributed by atoms with Crippen molar-refractivity contribution in [1.82, 2.24) is 10.6 Å². The highest BCUT2D eigenvalue weighted by molar-refractivity contribution is 5.79. The normalized spacial score (nSPS) is 41.1. The van der Waals surface area contributed by atoms with Crippen LogP contribution >= 0.6 is 0 Å². The quantitative estimate of drug-likeness (QED) is 0.733. The van der Waals surface area contributed by atoms with E-state index in [4.69, 9.17) is 0 Å². The van der Waals surface area contributed by atoms with Crippen LogP contribution in [0.4, 0.5) is 0 Å². The Bertz CT molecular complexity index is 291. The minimum atomic E-state index is 0.180. The van der Waals surface area contributed by atoms with Crippen LogP contribution in [0.15, 0.2) is 0 Å². The van der Waals surface area contributed by atoms with E-state index in [0.717, 1.165) is 30.7 Å². The molecule has 0 heterocycles. The monoisotopic (exact) mass is 250 g/mol. The number of amides is 1. The molecule has 0 aromatic carbocycles. The van der Waals surface area contributed by atoms with Crippen molar-refractivity contribution in [3.63, 3.8) is 0 Å². The Balaban J connectivity index is 1.57. The topological polar surface area (TPSA) is 41.1 Å². The molecule has 102 valence electrons. The summed E-state index contributed by atoms with van der Waals surface area (Å²) in [5.74, 6) is 2.92. The summed E-state index contributed by atoms with van der Waals surface area (Å²) in [7, 11) is 0. The molecule has 0 radical (unpaired) electrons. The van der Waals surface area contributed by atoms with Gasteiger partial charge in [0, 0.05) is 5.54 Å². The van der Waals surface area contributed by atoms with Gasteiger partial charge in [-0.05, 0) is 69.2 Å². The average molecular weight is 250 g/mol. The highest BCUT2D eigenvalue weighted by atomic mass is 16.2. The summed E-state index contributed by atoms with van der Waals surface area (Å²) in [6.45, 7) is 3.56. The van der Waals surface area contributed by atoms with Gasteiger partial charge in [-0.3, -0.25) is 4.79 Å². The van der Waals surface area contributed by atoms with E-state index in [1.165, 1.54) is 38.5 Å². The number of rotatable bonds is 5. The summed E-state index contributed by atoms with van der Waals surface area (Å²) in [6, 6.07) is 0. The molecule has 3 heteroatoms. The zero-order valence-corrected chi connectivity index (χ0v) is 11.5. The largest absolute Gasteiger partial charge is 0.350 e. The molecule has 0 aliphatic heterocycles. The lowest BCUT2D eigenvalue weighted by Crippen LogP contribution is -2.60. The second-order valence-electron chi connectivity index (χ2n) is 6.92. The summed E-state index contributed by atoms with van der Waals surface area (Å²) in [4.78, 5) is 12.0. The number of carbonyl (C=O) groups excluding carboxylic acids is 1. The van der Waals surface area contributed by atoms with Crippen molar-refractivity contribution in [2.24, 2.45) is 17.8 Å². The molecule has 0 atom stereocenters. The zero-order chi connectivity index (χ0) is 12.6. The molecule has 18 heavy (non-hydrogen) atoms. The summed E-state index contributed by atoms with van der Waals surface area (Å²) in [5, 5.41) is 6.59. The van der Waals surface area contributed by atoms with Gasteiger partial charge in [-0.2, -0.15) is 0 Å². The van der Waals surface area contributed by atoms with Gasteiger partial charge < -0.3 is 10.6 Å². The van der Waals surface area contributed by atoms with Crippen LogP contribution in [-0.4, -0.2) is 24.5 Å². The Kier molecular flexibility index (Phi) is 3.35. The Hall–Kier alpha value is -0.570. The first-order valence-electron chi connectivity index (χ1n) is 7.71. The van der Waals surface area contributed by atoms with E-state index in [-0.39, 0.29) is 11.4 Å². The van der Waals surface area contributed by atoms with Crippen LogP contribution in [0.5, 0.6) is 0 Å². The van der Waals surface area contributed by atoms with Crippen molar-refractivity contribution >= 4 is 5.91 Å². The molecule has 2 N–H and O–H groups in total. The summed E-state index contributed by atoms with van der Waals surface area (Å²) in [6.07, 6.45) is 9.13. The standard InChI is InChI=1S/C15H26N2O/c1-2-3-16-10-14(18)17-15-7-11-4-12(8-15)6-13(5-11)9-15/h11-13,16H,2-10H2,1H3,(H,17,18). The van der Waals surface area contributed by atoms with Gasteiger partial charge in [0.1, 0.15) is 0 Å². The minimum absolute atomic E-state index is 0.180. The molecule has 3 nitrogen and oxygen atoms in total. The van der Waals surface area contributed by atoms with Gasteiger partial charge >= 0.3 is 0 Å². The summed E-state index contributed by atoms with van der Waals surface area (Å²) in [5.41, 5.74) is 0.180. The van der Waals surface area contributed by atoms with Gasteiger partial charge in [-0.25, -0.2) is 0 Å². The first-order chi connectivity index (χ1) is 8.69. The Morgan fingerprint density at radius 1 is 1.11 bits per heavy atom. The van der Waals surface area contributed by atoms with E-state index in [1.54, 1.807) is 0 Å². The lowest BCUT2D eigenvalue weighted by molar-refractivity contribution is -0.125. The van der Waals surface area contributed by atoms with Gasteiger partial charge in [-0.15, -0.1) is 0 Å². The van der Waals surface area contributed by atoms with Gasteiger partial charge in [0.05, 0.1) is 6.54 Å². The third-order valence-corrected chi connectivity index (χ3v) is 5.16. The molecule has 4 aliphatic rings. The summed E-state index contributed by atoms with van der Waals surface area (Å²) < 4.78 is 0. The van der Waals surface area contributed by atoms with E-state index in [0.29, 0.717) is 6.54 Å². The maximum Gasteiger partial charge on any atom is 0.234 e. The predicted molar refractivity (Wildman–Crippen MR) is 72.2 cm³/mol. The lowest BCUT2D eigenvalue weighted by atomic mass is 9.53. The van der Waals surface area contributed by atoms with Crippen LogP contribution in [-0.2, 0) is 4.79 Å². The molecule has 4 rings (SSSR count). The SMILES string of the molecule is CCCNCC(=O)NC12CC3CC(CC(C3)C1)C2. The smallest absolute Gasteiger partial charge is 0.234 e. The Morgan fingerprint density at radius 2 is 1.67 bits per heavy atom. The van der Waals surface area contributed by atoms with E-state index in [9.17, 15) is 4.79 Å². The van der Waals surface area contributed by atoms with Gasteiger partial charge in [0.25, 0.3) is 0 Å². The van der Waals surface area contributed by atoms with Crippen molar-refractivity contribution in [3.8, 4) is 0 Å². The molecule has 0 saturated heterocycles. The molecule has 0 spiro atoms. The molecule has 1 amide bonds. The number of hydrogen-bond acceptors (Lipinski definition) is 2. The van der Waals surface area contributed by atoms with Crippen LogP contribution in [0.2, 0.25) is 0 Å². The Morgan fingerprint density at radius 3 is 2.17 bits per heavy atom. The van der Waals surface area contributed by atoms with E-state index in [1.807, 2.05) is 0 Å². The molecule has 0 unspecified atom stereocenters. The van der Waals surface area contributed by atoms with Crippen molar-refractivity contribution < 1.29 is 4.79 Å².